The van der Waals surface area contributed by atoms with E-state index in [2.05, 4.69) is 31.0 Å². The van der Waals surface area contributed by atoms with Crippen molar-refractivity contribution in [3.8, 4) is 11.3 Å². The first-order valence-electron chi connectivity index (χ1n) is 8.99. The van der Waals surface area contributed by atoms with Crippen LogP contribution in [0.15, 0.2) is 29.0 Å². The van der Waals surface area contributed by atoms with E-state index in [0.29, 0.717) is 40.9 Å². The second-order valence-electron chi connectivity index (χ2n) is 6.52. The summed E-state index contributed by atoms with van der Waals surface area (Å²) in [7, 11) is 1.67. The SMILES string of the molecule is CCn1cc2nc(N)nc(-c3cn(CCCOC)c4cc(F)c(Br)cc34)c2n1. The predicted octanol–water partition coefficient (Wildman–Crippen LogP) is 3.99. The molecule has 0 saturated carbocycles. The maximum absolute atomic E-state index is 14.2. The molecule has 0 atom stereocenters. The van der Waals surface area contributed by atoms with Gasteiger partial charge in [0, 0.05) is 44.0 Å². The molecule has 146 valence electrons. The summed E-state index contributed by atoms with van der Waals surface area (Å²) in [5.41, 5.74) is 9.59. The molecular weight excluding hydrogens is 427 g/mol. The Morgan fingerprint density at radius 1 is 1.25 bits per heavy atom. The number of nitrogens with zero attached hydrogens (tertiary/aromatic N) is 5. The first-order valence-corrected chi connectivity index (χ1v) is 9.79. The van der Waals surface area contributed by atoms with Crippen LogP contribution in [-0.2, 0) is 17.8 Å². The molecular formula is C19H20BrFN6O. The number of nitrogen functional groups attached to an aromatic ring is 1. The molecule has 1 aromatic carbocycles. The van der Waals surface area contributed by atoms with Gasteiger partial charge >= 0.3 is 0 Å². The van der Waals surface area contributed by atoms with Gasteiger partial charge in [-0.25, -0.2) is 14.4 Å². The average Bonchev–Trinajstić information content (AvgIpc) is 3.23. The van der Waals surface area contributed by atoms with E-state index >= 15 is 0 Å². The lowest BCUT2D eigenvalue weighted by molar-refractivity contribution is 0.190. The highest BCUT2D eigenvalue weighted by Crippen LogP contribution is 2.36. The van der Waals surface area contributed by atoms with Crippen molar-refractivity contribution in [2.75, 3.05) is 19.5 Å². The van der Waals surface area contributed by atoms with Crippen molar-refractivity contribution >= 4 is 43.8 Å². The maximum Gasteiger partial charge on any atom is 0.221 e. The van der Waals surface area contributed by atoms with E-state index in [4.69, 9.17) is 10.5 Å². The number of rotatable bonds is 6. The Balaban J connectivity index is 1.97. The summed E-state index contributed by atoms with van der Waals surface area (Å²) in [6.07, 6.45) is 4.63. The van der Waals surface area contributed by atoms with Crippen LogP contribution in [0.2, 0.25) is 0 Å². The molecule has 0 radical (unpaired) electrons. The molecule has 0 saturated heterocycles. The van der Waals surface area contributed by atoms with Crippen LogP contribution in [0, 0.1) is 5.82 Å². The molecule has 0 spiro atoms. The maximum atomic E-state index is 14.2. The predicted molar refractivity (Wildman–Crippen MR) is 110 cm³/mol. The number of anilines is 1. The molecule has 0 bridgehead atoms. The van der Waals surface area contributed by atoms with E-state index in [9.17, 15) is 4.39 Å². The van der Waals surface area contributed by atoms with Gasteiger partial charge in [-0.3, -0.25) is 4.68 Å². The van der Waals surface area contributed by atoms with Crippen LogP contribution >= 0.6 is 15.9 Å². The molecule has 9 heteroatoms. The standard InChI is InChI=1S/C19H20BrFN6O/c1-3-27-10-15-18(25-27)17(24-19(22)23-15)12-9-26(5-4-6-28-2)16-8-14(21)13(20)7-11(12)16/h7-10H,3-6H2,1-2H3,(H2,22,23). The van der Waals surface area contributed by atoms with Crippen molar-refractivity contribution in [1.82, 2.24) is 24.3 Å². The lowest BCUT2D eigenvalue weighted by Crippen LogP contribution is -2.00. The molecule has 0 aliphatic heterocycles. The summed E-state index contributed by atoms with van der Waals surface area (Å²) >= 11 is 3.29. The quantitative estimate of drug-likeness (QED) is 0.452. The fourth-order valence-corrected chi connectivity index (χ4v) is 3.71. The summed E-state index contributed by atoms with van der Waals surface area (Å²) < 4.78 is 23.6. The van der Waals surface area contributed by atoms with E-state index in [-0.39, 0.29) is 11.8 Å². The fourth-order valence-electron chi connectivity index (χ4n) is 3.36. The van der Waals surface area contributed by atoms with Crippen molar-refractivity contribution in [3.05, 3.63) is 34.8 Å². The third-order valence-corrected chi connectivity index (χ3v) is 5.29. The summed E-state index contributed by atoms with van der Waals surface area (Å²) in [5.74, 6) is -0.132. The molecule has 4 rings (SSSR count). The van der Waals surface area contributed by atoms with Gasteiger partial charge < -0.3 is 15.0 Å². The first kappa shape index (κ1) is 18.8. The number of fused-ring (bicyclic) bond motifs is 2. The third-order valence-electron chi connectivity index (χ3n) is 4.68. The number of hydrogen-bond acceptors (Lipinski definition) is 5. The van der Waals surface area contributed by atoms with E-state index in [1.54, 1.807) is 17.9 Å². The Morgan fingerprint density at radius 3 is 2.82 bits per heavy atom. The van der Waals surface area contributed by atoms with Crippen LogP contribution in [0.4, 0.5) is 10.3 Å². The molecule has 3 heterocycles. The molecule has 0 amide bonds. The van der Waals surface area contributed by atoms with Gasteiger partial charge in [0.15, 0.2) is 0 Å². The van der Waals surface area contributed by atoms with E-state index in [0.717, 1.165) is 22.9 Å². The van der Waals surface area contributed by atoms with Gasteiger partial charge in [-0.1, -0.05) is 0 Å². The number of halogens is 2. The summed E-state index contributed by atoms with van der Waals surface area (Å²) in [4.78, 5) is 8.78. The lowest BCUT2D eigenvalue weighted by Gasteiger charge is -2.05. The number of ether oxygens (including phenoxy) is 1. The molecule has 3 aromatic heterocycles. The van der Waals surface area contributed by atoms with E-state index in [1.165, 1.54) is 6.07 Å². The number of aromatic nitrogens is 5. The lowest BCUT2D eigenvalue weighted by atomic mass is 10.1. The number of aryl methyl sites for hydroxylation is 2. The van der Waals surface area contributed by atoms with E-state index in [1.807, 2.05) is 23.9 Å². The van der Waals surface area contributed by atoms with Crippen LogP contribution in [0.1, 0.15) is 13.3 Å². The third kappa shape index (κ3) is 3.24. The van der Waals surface area contributed by atoms with Crippen LogP contribution in [0.3, 0.4) is 0 Å². The average molecular weight is 447 g/mol. The molecule has 0 fully saturated rings. The van der Waals surface area contributed by atoms with Gasteiger partial charge in [0.25, 0.3) is 0 Å². The normalized spacial score (nSPS) is 11.7. The Morgan fingerprint density at radius 2 is 2.07 bits per heavy atom. The smallest absolute Gasteiger partial charge is 0.221 e. The number of nitrogens with two attached hydrogens (primary N) is 1. The number of benzene rings is 1. The summed E-state index contributed by atoms with van der Waals surface area (Å²) in [5, 5.41) is 5.47. The molecule has 28 heavy (non-hydrogen) atoms. The van der Waals surface area contributed by atoms with E-state index < -0.39 is 0 Å². The minimum Gasteiger partial charge on any atom is -0.385 e. The van der Waals surface area contributed by atoms with Crippen molar-refractivity contribution in [2.24, 2.45) is 0 Å². The second-order valence-corrected chi connectivity index (χ2v) is 7.37. The Bertz CT molecular complexity index is 1170. The highest BCUT2D eigenvalue weighted by molar-refractivity contribution is 9.10. The largest absolute Gasteiger partial charge is 0.385 e. The Hall–Kier alpha value is -2.52. The van der Waals surface area contributed by atoms with Crippen molar-refractivity contribution in [2.45, 2.75) is 26.4 Å². The van der Waals surface area contributed by atoms with Gasteiger partial charge in [0.2, 0.25) is 5.95 Å². The zero-order valence-corrected chi connectivity index (χ0v) is 17.2. The fraction of sp³-hybridized carbons (Fsp3) is 0.316. The van der Waals surface area contributed by atoms with Gasteiger partial charge in [-0.05, 0) is 41.4 Å². The van der Waals surface area contributed by atoms with Crippen molar-refractivity contribution in [1.29, 1.82) is 0 Å². The molecule has 4 aromatic rings. The molecule has 0 aliphatic carbocycles. The van der Waals surface area contributed by atoms with Crippen LogP contribution < -0.4 is 5.73 Å². The number of hydrogen-bond donors (Lipinski definition) is 1. The summed E-state index contributed by atoms with van der Waals surface area (Å²) in [6, 6.07) is 3.30. The molecule has 0 unspecified atom stereocenters. The second kappa shape index (κ2) is 7.48. The highest BCUT2D eigenvalue weighted by Gasteiger charge is 2.19. The monoisotopic (exact) mass is 446 g/mol. The summed E-state index contributed by atoms with van der Waals surface area (Å²) in [6.45, 7) is 4.04. The van der Waals surface area contributed by atoms with Gasteiger partial charge in [-0.15, -0.1) is 0 Å². The molecule has 7 nitrogen and oxygen atoms in total. The minimum atomic E-state index is -0.312. The Labute approximate surface area is 169 Å². The van der Waals surface area contributed by atoms with Crippen molar-refractivity contribution in [3.63, 3.8) is 0 Å². The van der Waals surface area contributed by atoms with Crippen LogP contribution in [0.25, 0.3) is 33.2 Å². The van der Waals surface area contributed by atoms with Gasteiger partial charge in [0.05, 0.1) is 16.2 Å². The molecule has 0 aliphatic rings. The molecule has 2 N–H and O–H groups in total. The van der Waals surface area contributed by atoms with Crippen molar-refractivity contribution < 1.29 is 9.13 Å². The Kier molecular flexibility index (Phi) is 5.03. The van der Waals surface area contributed by atoms with Gasteiger partial charge in [0.1, 0.15) is 22.5 Å². The van der Waals surface area contributed by atoms with Crippen LogP contribution in [-0.4, -0.2) is 38.0 Å². The minimum absolute atomic E-state index is 0.180. The zero-order chi connectivity index (χ0) is 19.8. The van der Waals surface area contributed by atoms with Crippen LogP contribution in [0.5, 0.6) is 0 Å². The first-order chi connectivity index (χ1) is 13.5. The zero-order valence-electron chi connectivity index (χ0n) is 15.6. The highest BCUT2D eigenvalue weighted by atomic mass is 79.9. The topological polar surface area (TPSA) is 83.8 Å². The number of methoxy groups -OCH3 is 1. The van der Waals surface area contributed by atoms with Gasteiger partial charge in [-0.2, -0.15) is 5.10 Å².